The fourth-order valence-electron chi connectivity index (χ4n) is 2.24. The highest BCUT2D eigenvalue weighted by Gasteiger charge is 2.10. The van der Waals surface area contributed by atoms with Crippen LogP contribution in [0.25, 0.3) is 0 Å². The van der Waals surface area contributed by atoms with Crippen molar-refractivity contribution >= 4 is 23.7 Å². The van der Waals surface area contributed by atoms with Gasteiger partial charge in [-0.3, -0.25) is 4.79 Å². The molecule has 29 heavy (non-hydrogen) atoms. The summed E-state index contributed by atoms with van der Waals surface area (Å²) in [6, 6.07) is 15.1. The van der Waals surface area contributed by atoms with Gasteiger partial charge in [-0.2, -0.15) is 15.1 Å². The van der Waals surface area contributed by atoms with E-state index in [-0.39, 0.29) is 11.9 Å². The number of para-hydroxylation sites is 1. The van der Waals surface area contributed by atoms with Gasteiger partial charge in [0.25, 0.3) is 5.91 Å². The Balaban J connectivity index is 1.74. The molecule has 0 saturated heterocycles. The lowest BCUT2D eigenvalue weighted by molar-refractivity contribution is 0.0955. The van der Waals surface area contributed by atoms with Gasteiger partial charge in [0.1, 0.15) is 5.75 Å². The summed E-state index contributed by atoms with van der Waals surface area (Å²) >= 11 is 5.82. The Morgan fingerprint density at radius 1 is 1.03 bits per heavy atom. The van der Waals surface area contributed by atoms with Crippen molar-refractivity contribution in [1.82, 2.24) is 15.4 Å². The fourth-order valence-corrected chi connectivity index (χ4v) is 2.37. The predicted molar refractivity (Wildman–Crippen MR) is 108 cm³/mol. The molecule has 8 nitrogen and oxygen atoms in total. The normalized spacial score (nSPS) is 10.6. The number of aromatic nitrogens is 2. The van der Waals surface area contributed by atoms with Gasteiger partial charge >= 0.3 is 6.01 Å². The second-order valence-corrected chi connectivity index (χ2v) is 6.02. The summed E-state index contributed by atoms with van der Waals surface area (Å²) in [5, 5.41) is 4.53. The van der Waals surface area contributed by atoms with Crippen LogP contribution in [0, 0.1) is 0 Å². The molecule has 2 aromatic carbocycles. The van der Waals surface area contributed by atoms with Gasteiger partial charge in [0.15, 0.2) is 0 Å². The molecule has 0 aliphatic heterocycles. The molecule has 0 aliphatic carbocycles. The van der Waals surface area contributed by atoms with Gasteiger partial charge < -0.3 is 14.2 Å². The average Bonchev–Trinajstić information content (AvgIpc) is 2.75. The molecule has 0 saturated carbocycles. The molecule has 3 aromatic rings. The third-order valence-corrected chi connectivity index (χ3v) is 3.93. The largest absolute Gasteiger partial charge is 0.481 e. The highest BCUT2D eigenvalue weighted by molar-refractivity contribution is 6.30. The molecular formula is C20H17ClN4O4. The summed E-state index contributed by atoms with van der Waals surface area (Å²) in [4.78, 5) is 20.4. The predicted octanol–water partition coefficient (Wildman–Crippen LogP) is 3.70. The molecule has 3 rings (SSSR count). The van der Waals surface area contributed by atoms with Crippen LogP contribution in [0.15, 0.2) is 59.7 Å². The maximum atomic E-state index is 12.1. The first-order chi connectivity index (χ1) is 14.1. The lowest BCUT2D eigenvalue weighted by Crippen LogP contribution is -2.17. The number of hydrogen-bond acceptors (Lipinski definition) is 7. The molecule has 0 spiro atoms. The SMILES string of the molecule is COc1cc(OC)nc(Oc2ccccc2C=NNC(=O)c2ccc(Cl)cc2)n1. The van der Waals surface area contributed by atoms with Crippen molar-refractivity contribution in [3.63, 3.8) is 0 Å². The number of hydrazone groups is 1. The molecule has 1 amide bonds. The van der Waals surface area contributed by atoms with Crippen molar-refractivity contribution in [3.8, 4) is 23.5 Å². The number of benzene rings is 2. The van der Waals surface area contributed by atoms with Crippen molar-refractivity contribution in [2.75, 3.05) is 14.2 Å². The van der Waals surface area contributed by atoms with Crippen LogP contribution in [0.4, 0.5) is 0 Å². The highest BCUT2D eigenvalue weighted by atomic mass is 35.5. The first-order valence-electron chi connectivity index (χ1n) is 8.42. The van der Waals surface area contributed by atoms with E-state index in [4.69, 9.17) is 25.8 Å². The molecule has 0 radical (unpaired) electrons. The van der Waals surface area contributed by atoms with Crippen molar-refractivity contribution in [3.05, 3.63) is 70.7 Å². The number of halogens is 1. The quantitative estimate of drug-likeness (QED) is 0.469. The average molecular weight is 413 g/mol. The minimum atomic E-state index is -0.364. The minimum absolute atomic E-state index is 0.0484. The van der Waals surface area contributed by atoms with Crippen LogP contribution >= 0.6 is 11.6 Å². The van der Waals surface area contributed by atoms with Gasteiger partial charge in [-0.1, -0.05) is 23.7 Å². The van der Waals surface area contributed by atoms with Crippen LogP contribution < -0.4 is 19.6 Å². The number of carbonyl (C=O) groups is 1. The second-order valence-electron chi connectivity index (χ2n) is 5.58. The number of amides is 1. The van der Waals surface area contributed by atoms with E-state index in [2.05, 4.69) is 20.5 Å². The van der Waals surface area contributed by atoms with Gasteiger partial charge in [-0.25, -0.2) is 5.43 Å². The lowest BCUT2D eigenvalue weighted by atomic mass is 10.2. The Labute approximate surface area is 172 Å². The zero-order chi connectivity index (χ0) is 20.6. The lowest BCUT2D eigenvalue weighted by Gasteiger charge is -2.09. The van der Waals surface area contributed by atoms with E-state index in [1.54, 1.807) is 42.5 Å². The minimum Gasteiger partial charge on any atom is -0.481 e. The Morgan fingerprint density at radius 3 is 2.34 bits per heavy atom. The van der Waals surface area contributed by atoms with E-state index in [1.165, 1.54) is 26.5 Å². The first kappa shape index (κ1) is 20.1. The van der Waals surface area contributed by atoms with Gasteiger partial charge in [0.2, 0.25) is 11.8 Å². The van der Waals surface area contributed by atoms with Crippen LogP contribution in [-0.4, -0.2) is 36.3 Å². The molecule has 148 valence electrons. The summed E-state index contributed by atoms with van der Waals surface area (Å²) in [5.74, 6) is 0.672. The summed E-state index contributed by atoms with van der Waals surface area (Å²) in [7, 11) is 2.96. The smallest absolute Gasteiger partial charge is 0.328 e. The zero-order valence-corrected chi connectivity index (χ0v) is 16.4. The molecule has 1 aromatic heterocycles. The number of nitrogens with zero attached hydrogens (tertiary/aromatic N) is 3. The number of nitrogens with one attached hydrogen (secondary N) is 1. The standard InChI is InChI=1S/C20H17ClN4O4/c1-27-17-11-18(28-2)24-20(23-17)29-16-6-4-3-5-14(16)12-22-25-19(26)13-7-9-15(21)10-8-13/h3-12H,1-2H3,(H,25,26). The summed E-state index contributed by atoms with van der Waals surface area (Å²) in [5.41, 5.74) is 3.50. The van der Waals surface area contributed by atoms with E-state index in [1.807, 2.05) is 6.07 Å². The van der Waals surface area contributed by atoms with Crippen molar-refractivity contribution in [1.29, 1.82) is 0 Å². The molecule has 0 aliphatic rings. The molecule has 1 N–H and O–H groups in total. The van der Waals surface area contributed by atoms with Gasteiger partial charge in [-0.05, 0) is 36.4 Å². The third kappa shape index (κ3) is 5.43. The van der Waals surface area contributed by atoms with Gasteiger partial charge in [-0.15, -0.1) is 0 Å². The molecule has 9 heteroatoms. The van der Waals surface area contributed by atoms with Crippen LogP contribution in [0.5, 0.6) is 23.5 Å². The number of methoxy groups -OCH3 is 2. The van der Waals surface area contributed by atoms with E-state index in [0.717, 1.165) is 0 Å². The Kier molecular flexibility index (Phi) is 6.59. The van der Waals surface area contributed by atoms with E-state index in [9.17, 15) is 4.79 Å². The van der Waals surface area contributed by atoms with Crippen LogP contribution in [0.2, 0.25) is 5.02 Å². The molecular weight excluding hydrogens is 396 g/mol. The van der Waals surface area contributed by atoms with Crippen LogP contribution in [-0.2, 0) is 0 Å². The first-order valence-corrected chi connectivity index (χ1v) is 8.80. The molecule has 0 atom stereocenters. The summed E-state index contributed by atoms with van der Waals surface area (Å²) in [6.07, 6.45) is 1.46. The monoisotopic (exact) mass is 412 g/mol. The van der Waals surface area contributed by atoms with Crippen molar-refractivity contribution in [2.24, 2.45) is 5.10 Å². The topological polar surface area (TPSA) is 94.9 Å². The molecule has 0 unspecified atom stereocenters. The van der Waals surface area contributed by atoms with Crippen LogP contribution in [0.3, 0.4) is 0 Å². The Morgan fingerprint density at radius 2 is 1.69 bits per heavy atom. The molecule has 0 fully saturated rings. The van der Waals surface area contributed by atoms with Crippen LogP contribution in [0.1, 0.15) is 15.9 Å². The summed E-state index contributed by atoms with van der Waals surface area (Å²) in [6.45, 7) is 0. The maximum absolute atomic E-state index is 12.1. The number of ether oxygens (including phenoxy) is 3. The number of rotatable bonds is 7. The van der Waals surface area contributed by atoms with Crippen molar-refractivity contribution in [2.45, 2.75) is 0 Å². The number of carbonyl (C=O) groups excluding carboxylic acids is 1. The molecule has 0 bridgehead atoms. The van der Waals surface area contributed by atoms with Gasteiger partial charge in [0, 0.05) is 16.1 Å². The second kappa shape index (κ2) is 9.52. The summed E-state index contributed by atoms with van der Waals surface area (Å²) < 4.78 is 16.0. The fraction of sp³-hybridized carbons (Fsp3) is 0.100. The van der Waals surface area contributed by atoms with E-state index < -0.39 is 0 Å². The maximum Gasteiger partial charge on any atom is 0.328 e. The molecule has 1 heterocycles. The highest BCUT2D eigenvalue weighted by Crippen LogP contribution is 2.25. The van der Waals surface area contributed by atoms with Crippen molar-refractivity contribution < 1.29 is 19.0 Å². The number of hydrogen-bond donors (Lipinski definition) is 1. The van der Waals surface area contributed by atoms with E-state index >= 15 is 0 Å². The van der Waals surface area contributed by atoms with Gasteiger partial charge in [0.05, 0.1) is 26.5 Å². The third-order valence-electron chi connectivity index (χ3n) is 3.67. The Hall–Kier alpha value is -3.65. The Bertz CT molecular complexity index is 1000. The van der Waals surface area contributed by atoms with E-state index in [0.29, 0.717) is 33.7 Å². The zero-order valence-electron chi connectivity index (χ0n) is 15.6.